The van der Waals surface area contributed by atoms with Crippen LogP contribution in [0.2, 0.25) is 5.02 Å². The van der Waals surface area contributed by atoms with Crippen LogP contribution in [0.15, 0.2) is 12.1 Å². The largest absolute Gasteiger partial charge is 0.465 e. The number of ether oxygens (including phenoxy) is 1. The highest BCUT2D eigenvalue weighted by Gasteiger charge is 2.23. The first kappa shape index (κ1) is 15.7. The molecular formula is C12H17ClN2O4. The van der Waals surface area contributed by atoms with Crippen molar-refractivity contribution < 1.29 is 19.7 Å². The number of hydrogen-bond acceptors (Lipinski definition) is 6. The summed E-state index contributed by atoms with van der Waals surface area (Å²) in [7, 11) is 2.86. The number of halogens is 1. The van der Waals surface area contributed by atoms with Crippen LogP contribution in [0.1, 0.15) is 22.0 Å². The van der Waals surface area contributed by atoms with Crippen molar-refractivity contribution in [2.24, 2.45) is 0 Å². The molecule has 0 saturated carbocycles. The first-order chi connectivity index (χ1) is 8.92. The summed E-state index contributed by atoms with van der Waals surface area (Å²) in [6, 6.07) is 2.67. The third-order valence-electron chi connectivity index (χ3n) is 2.67. The molecule has 1 aromatic rings. The molecular weight excluding hydrogens is 272 g/mol. The monoisotopic (exact) mass is 288 g/mol. The molecule has 0 aliphatic rings. The molecule has 0 aliphatic carbocycles. The van der Waals surface area contributed by atoms with Crippen molar-refractivity contribution in [3.63, 3.8) is 0 Å². The molecule has 7 heteroatoms. The van der Waals surface area contributed by atoms with Crippen LogP contribution in [-0.4, -0.2) is 43.0 Å². The molecule has 0 amide bonds. The van der Waals surface area contributed by atoms with Gasteiger partial charge in [-0.1, -0.05) is 11.6 Å². The lowest BCUT2D eigenvalue weighted by Gasteiger charge is -2.20. The first-order valence-electron chi connectivity index (χ1n) is 5.60. The zero-order chi connectivity index (χ0) is 14.6. The van der Waals surface area contributed by atoms with E-state index >= 15 is 0 Å². The smallest absolute Gasteiger partial charge is 0.339 e. The van der Waals surface area contributed by atoms with Gasteiger partial charge in [0, 0.05) is 22.8 Å². The Morgan fingerprint density at radius 1 is 1.53 bits per heavy atom. The molecule has 0 aromatic heterocycles. The van der Waals surface area contributed by atoms with Gasteiger partial charge < -0.3 is 26.0 Å². The van der Waals surface area contributed by atoms with Crippen molar-refractivity contribution >= 4 is 23.3 Å². The van der Waals surface area contributed by atoms with Gasteiger partial charge >= 0.3 is 5.97 Å². The number of likely N-dealkylation sites (N-methyl/N-ethyl adjacent to an activating group) is 1. The van der Waals surface area contributed by atoms with Crippen molar-refractivity contribution in [1.82, 2.24) is 5.32 Å². The highest BCUT2D eigenvalue weighted by atomic mass is 35.5. The van der Waals surface area contributed by atoms with Gasteiger partial charge in [0.1, 0.15) is 6.10 Å². The number of hydrogen-bond donors (Lipinski definition) is 4. The predicted octanol–water partition coefficient (Wildman–Crippen LogP) is 0.323. The zero-order valence-electron chi connectivity index (χ0n) is 10.7. The Morgan fingerprint density at radius 2 is 2.16 bits per heavy atom. The molecule has 19 heavy (non-hydrogen) atoms. The van der Waals surface area contributed by atoms with Gasteiger partial charge in [0.25, 0.3) is 0 Å². The molecule has 0 bridgehead atoms. The third kappa shape index (κ3) is 3.57. The fourth-order valence-corrected chi connectivity index (χ4v) is 1.93. The SMILES string of the molecule is CNCC(O)C(O)c1cc(C(=O)OC)c(N)cc1Cl. The molecule has 5 N–H and O–H groups in total. The summed E-state index contributed by atoms with van der Waals surface area (Å²) in [5.74, 6) is -0.634. The highest BCUT2D eigenvalue weighted by molar-refractivity contribution is 6.32. The predicted molar refractivity (Wildman–Crippen MR) is 72.1 cm³/mol. The van der Waals surface area contributed by atoms with Crippen molar-refractivity contribution in [3.05, 3.63) is 28.3 Å². The van der Waals surface area contributed by atoms with E-state index in [2.05, 4.69) is 10.1 Å². The Labute approximate surface area is 116 Å². The van der Waals surface area contributed by atoms with Gasteiger partial charge in [-0.25, -0.2) is 4.79 Å². The topological polar surface area (TPSA) is 105 Å². The minimum absolute atomic E-state index is 0.0950. The van der Waals surface area contributed by atoms with Gasteiger partial charge in [-0.2, -0.15) is 0 Å². The molecule has 2 atom stereocenters. The summed E-state index contributed by atoms with van der Waals surface area (Å²) >= 11 is 5.96. The van der Waals surface area contributed by atoms with E-state index in [1.165, 1.54) is 19.2 Å². The lowest BCUT2D eigenvalue weighted by Crippen LogP contribution is -2.30. The minimum atomic E-state index is -1.23. The molecule has 0 fully saturated rings. The number of carbonyl (C=O) groups excluding carboxylic acids is 1. The van der Waals surface area contributed by atoms with Crippen LogP contribution in [0.4, 0.5) is 5.69 Å². The summed E-state index contributed by atoms with van der Waals surface area (Å²) in [6.45, 7) is 0.176. The number of nitrogens with one attached hydrogen (secondary N) is 1. The second-order valence-corrected chi connectivity index (χ2v) is 4.43. The molecule has 6 nitrogen and oxygen atoms in total. The van der Waals surface area contributed by atoms with Gasteiger partial charge in [-0.15, -0.1) is 0 Å². The lowest BCUT2D eigenvalue weighted by molar-refractivity contribution is 0.0202. The molecule has 0 spiro atoms. The molecule has 2 unspecified atom stereocenters. The van der Waals surface area contributed by atoms with Gasteiger partial charge in [-0.3, -0.25) is 0 Å². The van der Waals surface area contributed by atoms with E-state index < -0.39 is 18.2 Å². The minimum Gasteiger partial charge on any atom is -0.465 e. The Kier molecular flexibility index (Phi) is 5.56. The maximum Gasteiger partial charge on any atom is 0.339 e. The number of esters is 1. The van der Waals surface area contributed by atoms with Crippen LogP contribution >= 0.6 is 11.6 Å². The third-order valence-corrected chi connectivity index (χ3v) is 3.00. The van der Waals surface area contributed by atoms with E-state index in [1.54, 1.807) is 7.05 Å². The van der Waals surface area contributed by atoms with Gasteiger partial charge in [0.05, 0.1) is 18.8 Å². The number of nitrogen functional groups attached to an aromatic ring is 1. The van der Waals surface area contributed by atoms with E-state index in [4.69, 9.17) is 17.3 Å². The van der Waals surface area contributed by atoms with Gasteiger partial charge in [0.15, 0.2) is 0 Å². The van der Waals surface area contributed by atoms with Crippen LogP contribution in [0, 0.1) is 0 Å². The molecule has 0 aliphatic heterocycles. The number of methoxy groups -OCH3 is 1. The number of rotatable bonds is 5. The second-order valence-electron chi connectivity index (χ2n) is 4.02. The second kappa shape index (κ2) is 6.72. The summed E-state index contributed by atoms with van der Waals surface area (Å²) in [4.78, 5) is 11.5. The number of benzene rings is 1. The van der Waals surface area contributed by atoms with E-state index in [9.17, 15) is 15.0 Å². The highest BCUT2D eigenvalue weighted by Crippen LogP contribution is 2.30. The van der Waals surface area contributed by atoms with E-state index in [1.807, 2.05) is 0 Å². The van der Waals surface area contributed by atoms with Crippen molar-refractivity contribution in [1.29, 1.82) is 0 Å². The fraction of sp³-hybridized carbons (Fsp3) is 0.417. The Balaban J connectivity index is 3.17. The van der Waals surface area contributed by atoms with Crippen molar-refractivity contribution in [3.8, 4) is 0 Å². The molecule has 0 saturated heterocycles. The molecule has 1 rings (SSSR count). The lowest BCUT2D eigenvalue weighted by atomic mass is 10.0. The molecule has 0 heterocycles. The molecule has 0 radical (unpaired) electrons. The normalized spacial score (nSPS) is 13.9. The quantitative estimate of drug-likeness (QED) is 0.459. The number of anilines is 1. The average Bonchev–Trinajstić information content (AvgIpc) is 2.37. The Morgan fingerprint density at radius 3 is 2.68 bits per heavy atom. The van der Waals surface area contributed by atoms with Crippen LogP contribution in [0.3, 0.4) is 0 Å². The average molecular weight is 289 g/mol. The first-order valence-corrected chi connectivity index (χ1v) is 5.98. The van der Waals surface area contributed by atoms with Gasteiger partial charge in [-0.05, 0) is 19.2 Å². The van der Waals surface area contributed by atoms with Crippen LogP contribution < -0.4 is 11.1 Å². The molecule has 1 aromatic carbocycles. The standard InChI is InChI=1S/C12H17ClN2O4/c1-15-5-10(16)11(17)6-3-7(12(18)19-2)9(14)4-8(6)13/h3-4,10-11,15-17H,5,14H2,1-2H3. The summed E-state index contributed by atoms with van der Waals surface area (Å²) in [5.41, 5.74) is 6.13. The van der Waals surface area contributed by atoms with Crippen LogP contribution in [-0.2, 0) is 4.74 Å². The van der Waals surface area contributed by atoms with E-state index in [0.29, 0.717) is 0 Å². The number of carbonyl (C=O) groups is 1. The van der Waals surface area contributed by atoms with Crippen LogP contribution in [0.5, 0.6) is 0 Å². The number of aliphatic hydroxyl groups excluding tert-OH is 2. The number of aliphatic hydroxyl groups is 2. The number of nitrogens with two attached hydrogens (primary N) is 1. The maximum absolute atomic E-state index is 11.5. The zero-order valence-corrected chi connectivity index (χ0v) is 11.4. The van der Waals surface area contributed by atoms with Crippen LogP contribution in [0.25, 0.3) is 0 Å². The summed E-state index contributed by atoms with van der Waals surface area (Å²) in [6.07, 6.45) is -2.29. The summed E-state index contributed by atoms with van der Waals surface area (Å²) in [5, 5.41) is 22.6. The maximum atomic E-state index is 11.5. The Bertz CT molecular complexity index is 467. The van der Waals surface area contributed by atoms with Crippen molar-refractivity contribution in [2.45, 2.75) is 12.2 Å². The van der Waals surface area contributed by atoms with E-state index in [0.717, 1.165) is 0 Å². The summed E-state index contributed by atoms with van der Waals surface area (Å²) < 4.78 is 4.58. The van der Waals surface area contributed by atoms with Crippen molar-refractivity contribution in [2.75, 3.05) is 26.4 Å². The Hall–Kier alpha value is -1.34. The fourth-order valence-electron chi connectivity index (χ4n) is 1.65. The van der Waals surface area contributed by atoms with E-state index in [-0.39, 0.29) is 28.4 Å². The molecule has 106 valence electrons. The van der Waals surface area contributed by atoms with Gasteiger partial charge in [0.2, 0.25) is 0 Å².